The number of carbonyl (C=O) groups is 1. The van der Waals surface area contributed by atoms with E-state index in [0.717, 1.165) is 17.7 Å². The normalized spacial score (nSPS) is 11.2. The number of carbonyl (C=O) groups excluding carboxylic acids is 1. The van der Waals surface area contributed by atoms with Crippen molar-refractivity contribution in [2.45, 2.75) is 6.54 Å². The summed E-state index contributed by atoms with van der Waals surface area (Å²) < 4.78 is 1.86. The number of benzene rings is 1. The predicted octanol–water partition coefficient (Wildman–Crippen LogP) is 2.37. The number of nitrogens with one attached hydrogen (secondary N) is 2. The summed E-state index contributed by atoms with van der Waals surface area (Å²) in [7, 11) is 7.66. The van der Waals surface area contributed by atoms with Crippen LogP contribution in [-0.4, -0.2) is 56.5 Å². The van der Waals surface area contributed by atoms with Gasteiger partial charge in [-0.1, -0.05) is 12.1 Å². The van der Waals surface area contributed by atoms with Crippen LogP contribution in [0.5, 0.6) is 0 Å². The zero-order valence-electron chi connectivity index (χ0n) is 18.4. The fraction of sp³-hybridized carbons (Fsp3) is 0.227. The van der Waals surface area contributed by atoms with E-state index in [2.05, 4.69) is 35.5 Å². The quantitative estimate of drug-likeness (QED) is 0.407. The number of anilines is 3. The molecule has 0 bridgehead atoms. The molecular formula is C22H25N9O. The first kappa shape index (κ1) is 21.2. The van der Waals surface area contributed by atoms with Crippen LogP contribution >= 0.6 is 0 Å². The summed E-state index contributed by atoms with van der Waals surface area (Å²) in [6, 6.07) is 7.88. The number of primary amides is 1. The third-order valence-corrected chi connectivity index (χ3v) is 4.97. The summed E-state index contributed by atoms with van der Waals surface area (Å²) in [5.41, 5.74) is 10.3. The SMILES string of the molecule is CNc1nc(Nc2ccc(CN(C)C)cc2)c(C(N)=O)nc1-c1cncc2c1ncn2C. The highest BCUT2D eigenvalue weighted by molar-refractivity contribution is 5.99. The van der Waals surface area contributed by atoms with Crippen molar-refractivity contribution in [3.8, 4) is 11.3 Å². The van der Waals surface area contributed by atoms with Gasteiger partial charge < -0.3 is 25.8 Å². The highest BCUT2D eigenvalue weighted by Crippen LogP contribution is 2.32. The van der Waals surface area contributed by atoms with Gasteiger partial charge in [-0.3, -0.25) is 9.78 Å². The van der Waals surface area contributed by atoms with Gasteiger partial charge in [0.25, 0.3) is 5.91 Å². The lowest BCUT2D eigenvalue weighted by molar-refractivity contribution is 0.0996. The van der Waals surface area contributed by atoms with Crippen LogP contribution in [0.25, 0.3) is 22.3 Å². The van der Waals surface area contributed by atoms with Crippen LogP contribution < -0.4 is 16.4 Å². The van der Waals surface area contributed by atoms with Crippen molar-refractivity contribution in [2.24, 2.45) is 12.8 Å². The summed E-state index contributed by atoms with van der Waals surface area (Å²) in [6.07, 6.45) is 5.08. The maximum absolute atomic E-state index is 12.3. The second-order valence-electron chi connectivity index (χ2n) is 7.70. The van der Waals surface area contributed by atoms with Crippen LogP contribution in [-0.2, 0) is 13.6 Å². The smallest absolute Gasteiger partial charge is 0.271 e. The zero-order chi connectivity index (χ0) is 22.8. The third-order valence-electron chi connectivity index (χ3n) is 4.97. The fourth-order valence-corrected chi connectivity index (χ4v) is 3.47. The number of nitrogens with zero attached hydrogens (tertiary/aromatic N) is 6. The van der Waals surface area contributed by atoms with Gasteiger partial charge in [0.05, 0.1) is 23.6 Å². The molecule has 32 heavy (non-hydrogen) atoms. The summed E-state index contributed by atoms with van der Waals surface area (Å²) in [4.78, 5) is 32.3. The molecule has 0 aliphatic heterocycles. The summed E-state index contributed by atoms with van der Waals surface area (Å²) in [5.74, 6) is 0.0584. The Morgan fingerprint density at radius 3 is 2.53 bits per heavy atom. The molecule has 0 radical (unpaired) electrons. The van der Waals surface area contributed by atoms with Gasteiger partial charge >= 0.3 is 0 Å². The van der Waals surface area contributed by atoms with E-state index in [1.807, 2.05) is 50.0 Å². The molecule has 0 saturated heterocycles. The third kappa shape index (κ3) is 4.08. The van der Waals surface area contributed by atoms with Gasteiger partial charge in [-0.2, -0.15) is 0 Å². The Bertz CT molecular complexity index is 1280. The molecule has 164 valence electrons. The second-order valence-corrected chi connectivity index (χ2v) is 7.70. The number of hydrogen-bond acceptors (Lipinski definition) is 8. The van der Waals surface area contributed by atoms with E-state index in [0.29, 0.717) is 22.6 Å². The van der Waals surface area contributed by atoms with E-state index < -0.39 is 5.91 Å². The molecule has 3 heterocycles. The van der Waals surface area contributed by atoms with Gasteiger partial charge in [-0.25, -0.2) is 15.0 Å². The Hall–Kier alpha value is -4.05. The van der Waals surface area contributed by atoms with Crippen LogP contribution in [0, 0.1) is 0 Å². The first-order valence-electron chi connectivity index (χ1n) is 10.0. The minimum atomic E-state index is -0.686. The number of imidazole rings is 1. The largest absolute Gasteiger partial charge is 0.371 e. The maximum Gasteiger partial charge on any atom is 0.271 e. The summed E-state index contributed by atoms with van der Waals surface area (Å²) in [5, 5.41) is 6.22. The molecule has 1 aromatic carbocycles. The minimum absolute atomic E-state index is 0.0318. The minimum Gasteiger partial charge on any atom is -0.371 e. The molecular weight excluding hydrogens is 406 g/mol. The average molecular weight is 432 g/mol. The van der Waals surface area contributed by atoms with E-state index in [9.17, 15) is 4.79 Å². The molecule has 0 aliphatic rings. The molecule has 1 amide bonds. The van der Waals surface area contributed by atoms with Crippen molar-refractivity contribution < 1.29 is 4.79 Å². The number of amides is 1. The number of aromatic nitrogens is 5. The van der Waals surface area contributed by atoms with Gasteiger partial charge in [-0.05, 0) is 31.8 Å². The molecule has 0 fully saturated rings. The number of aryl methyl sites for hydroxylation is 1. The molecule has 4 rings (SSSR count). The Morgan fingerprint density at radius 1 is 1.12 bits per heavy atom. The van der Waals surface area contributed by atoms with Crippen molar-refractivity contribution in [3.63, 3.8) is 0 Å². The van der Waals surface area contributed by atoms with Gasteiger partial charge in [0.15, 0.2) is 17.3 Å². The van der Waals surface area contributed by atoms with Crippen LogP contribution in [0.3, 0.4) is 0 Å². The van der Waals surface area contributed by atoms with E-state index in [1.165, 1.54) is 5.56 Å². The molecule has 0 aliphatic carbocycles. The van der Waals surface area contributed by atoms with Crippen molar-refractivity contribution in [2.75, 3.05) is 31.8 Å². The molecule has 3 aromatic heterocycles. The van der Waals surface area contributed by atoms with Crippen molar-refractivity contribution in [3.05, 3.63) is 54.2 Å². The molecule has 10 heteroatoms. The lowest BCUT2D eigenvalue weighted by Crippen LogP contribution is -2.18. The summed E-state index contributed by atoms with van der Waals surface area (Å²) in [6.45, 7) is 0.832. The van der Waals surface area contributed by atoms with Gasteiger partial charge in [-0.15, -0.1) is 0 Å². The van der Waals surface area contributed by atoms with Crippen LogP contribution in [0.15, 0.2) is 43.0 Å². The average Bonchev–Trinajstić information content (AvgIpc) is 3.15. The Morgan fingerprint density at radius 2 is 1.88 bits per heavy atom. The van der Waals surface area contributed by atoms with Gasteiger partial charge in [0.1, 0.15) is 11.2 Å². The first-order chi connectivity index (χ1) is 15.4. The first-order valence-corrected chi connectivity index (χ1v) is 10.0. The maximum atomic E-state index is 12.3. The number of pyridine rings is 1. The highest BCUT2D eigenvalue weighted by atomic mass is 16.1. The fourth-order valence-electron chi connectivity index (χ4n) is 3.47. The van der Waals surface area contributed by atoms with Crippen molar-refractivity contribution >= 4 is 34.3 Å². The standard InChI is InChI=1S/C22H25N9O/c1-24-21-18(15-9-25-10-16-17(15)26-12-31(16)4)28-19(20(23)32)22(29-21)27-14-7-5-13(6-8-14)11-30(2)3/h5-10,12H,11H2,1-4H3,(H2,23,32)(H2,24,27,29). The number of nitrogens with two attached hydrogens (primary N) is 1. The van der Waals surface area contributed by atoms with E-state index in [4.69, 9.17) is 5.73 Å². The molecule has 4 N–H and O–H groups in total. The lowest BCUT2D eigenvalue weighted by atomic mass is 10.1. The molecule has 0 unspecified atom stereocenters. The van der Waals surface area contributed by atoms with E-state index in [-0.39, 0.29) is 11.5 Å². The topological polar surface area (TPSA) is 127 Å². The predicted molar refractivity (Wildman–Crippen MR) is 125 cm³/mol. The molecule has 0 spiro atoms. The van der Waals surface area contributed by atoms with Gasteiger partial charge in [0.2, 0.25) is 0 Å². The Kier molecular flexibility index (Phi) is 5.69. The molecule has 4 aromatic rings. The van der Waals surface area contributed by atoms with E-state index in [1.54, 1.807) is 25.8 Å². The Labute approximate surface area is 185 Å². The number of fused-ring (bicyclic) bond motifs is 1. The number of rotatable bonds is 7. The molecule has 10 nitrogen and oxygen atoms in total. The van der Waals surface area contributed by atoms with Crippen LogP contribution in [0.1, 0.15) is 16.1 Å². The molecule has 0 saturated carbocycles. The highest BCUT2D eigenvalue weighted by Gasteiger charge is 2.21. The van der Waals surface area contributed by atoms with Crippen LogP contribution in [0.2, 0.25) is 0 Å². The number of hydrogen-bond donors (Lipinski definition) is 3. The monoisotopic (exact) mass is 431 g/mol. The lowest BCUT2D eigenvalue weighted by Gasteiger charge is -2.15. The molecule has 0 atom stereocenters. The second kappa shape index (κ2) is 8.60. The van der Waals surface area contributed by atoms with Crippen LogP contribution in [0.4, 0.5) is 17.3 Å². The van der Waals surface area contributed by atoms with Crippen molar-refractivity contribution in [1.82, 2.24) is 29.4 Å². The van der Waals surface area contributed by atoms with Gasteiger partial charge in [0, 0.05) is 32.5 Å². The summed E-state index contributed by atoms with van der Waals surface area (Å²) >= 11 is 0. The van der Waals surface area contributed by atoms with E-state index >= 15 is 0 Å². The Balaban J connectivity index is 1.77. The van der Waals surface area contributed by atoms with Crippen molar-refractivity contribution in [1.29, 1.82) is 0 Å². The zero-order valence-corrected chi connectivity index (χ0v) is 18.4.